The number of aryl methyl sites for hydroxylation is 1. The normalized spacial score (nSPS) is 12.4. The second kappa shape index (κ2) is 6.62. The molecule has 3 heteroatoms. The Bertz CT molecular complexity index is 564. The summed E-state index contributed by atoms with van der Waals surface area (Å²) in [5.41, 5.74) is 3.16. The van der Waals surface area contributed by atoms with Gasteiger partial charge in [0.05, 0.1) is 0 Å². The summed E-state index contributed by atoms with van der Waals surface area (Å²) in [6.07, 6.45) is 0.804. The topological polar surface area (TPSA) is 12.0 Å². The molecule has 1 nitrogen and oxygen atoms in total. The van der Waals surface area contributed by atoms with E-state index in [1.54, 1.807) is 6.07 Å². The number of halogens is 2. The van der Waals surface area contributed by atoms with Crippen LogP contribution in [0.4, 0.5) is 8.78 Å². The summed E-state index contributed by atoms with van der Waals surface area (Å²) in [7, 11) is 1.90. The Morgan fingerprint density at radius 2 is 1.65 bits per heavy atom. The van der Waals surface area contributed by atoms with Crippen molar-refractivity contribution in [3.8, 4) is 0 Å². The van der Waals surface area contributed by atoms with E-state index >= 15 is 0 Å². The maximum Gasteiger partial charge on any atom is 0.123 e. The van der Waals surface area contributed by atoms with Crippen LogP contribution in [0.1, 0.15) is 22.6 Å². The molecule has 2 rings (SSSR count). The van der Waals surface area contributed by atoms with E-state index in [-0.39, 0.29) is 17.6 Å². The van der Waals surface area contributed by atoms with Gasteiger partial charge in [0.1, 0.15) is 11.6 Å². The van der Waals surface area contributed by atoms with E-state index in [1.807, 2.05) is 32.2 Å². The number of likely N-dealkylation sites (N-methyl/N-ethyl adjacent to an activating group) is 1. The average Bonchev–Trinajstić information content (AvgIpc) is 2.42. The van der Waals surface area contributed by atoms with Crippen molar-refractivity contribution < 1.29 is 8.78 Å². The van der Waals surface area contributed by atoms with E-state index in [0.29, 0.717) is 0 Å². The summed E-state index contributed by atoms with van der Waals surface area (Å²) in [5.74, 6) is -0.196. The van der Waals surface area contributed by atoms with Crippen LogP contribution in [0.25, 0.3) is 0 Å². The number of benzene rings is 2. The molecule has 0 aliphatic rings. The SMILES string of the molecule is CNCC(Cc1ccc(F)cc1C)c1ccc(F)cc1. The van der Waals surface area contributed by atoms with Crippen molar-refractivity contribution in [3.05, 3.63) is 70.8 Å². The molecule has 0 aliphatic heterocycles. The van der Waals surface area contributed by atoms with Gasteiger partial charge in [0.25, 0.3) is 0 Å². The van der Waals surface area contributed by atoms with Gasteiger partial charge in [0.15, 0.2) is 0 Å². The van der Waals surface area contributed by atoms with Crippen LogP contribution >= 0.6 is 0 Å². The highest BCUT2D eigenvalue weighted by molar-refractivity contribution is 5.30. The Morgan fingerprint density at radius 3 is 2.25 bits per heavy atom. The first-order chi connectivity index (χ1) is 9.60. The monoisotopic (exact) mass is 275 g/mol. The maximum absolute atomic E-state index is 13.1. The van der Waals surface area contributed by atoms with Gasteiger partial charge in [0.2, 0.25) is 0 Å². The zero-order chi connectivity index (χ0) is 14.5. The minimum absolute atomic E-state index is 0.210. The molecule has 20 heavy (non-hydrogen) atoms. The van der Waals surface area contributed by atoms with Crippen LogP contribution in [0.5, 0.6) is 0 Å². The lowest BCUT2D eigenvalue weighted by molar-refractivity contribution is 0.606. The van der Waals surface area contributed by atoms with Gasteiger partial charge in [-0.15, -0.1) is 0 Å². The molecule has 1 unspecified atom stereocenters. The van der Waals surface area contributed by atoms with E-state index < -0.39 is 0 Å². The van der Waals surface area contributed by atoms with Crippen LogP contribution in [0.3, 0.4) is 0 Å². The molecule has 0 aliphatic carbocycles. The average molecular weight is 275 g/mol. The fourth-order valence-corrected chi connectivity index (χ4v) is 2.44. The highest BCUT2D eigenvalue weighted by atomic mass is 19.1. The Hall–Kier alpha value is -1.74. The lowest BCUT2D eigenvalue weighted by Crippen LogP contribution is -2.19. The quantitative estimate of drug-likeness (QED) is 0.874. The van der Waals surface area contributed by atoms with Gasteiger partial charge in [-0.1, -0.05) is 18.2 Å². The van der Waals surface area contributed by atoms with Crippen LogP contribution in [0.2, 0.25) is 0 Å². The molecule has 0 saturated heterocycles. The fraction of sp³-hybridized carbons (Fsp3) is 0.294. The third-order valence-corrected chi connectivity index (χ3v) is 3.56. The van der Waals surface area contributed by atoms with E-state index in [1.165, 1.54) is 18.2 Å². The minimum atomic E-state index is -0.227. The van der Waals surface area contributed by atoms with Crippen molar-refractivity contribution in [1.29, 1.82) is 0 Å². The predicted octanol–water partition coefficient (Wildman–Crippen LogP) is 3.82. The molecule has 1 N–H and O–H groups in total. The Balaban J connectivity index is 2.22. The predicted molar refractivity (Wildman–Crippen MR) is 77.9 cm³/mol. The Labute approximate surface area is 118 Å². The van der Waals surface area contributed by atoms with Crippen LogP contribution in [-0.2, 0) is 6.42 Å². The molecule has 2 aromatic carbocycles. The highest BCUT2D eigenvalue weighted by Gasteiger charge is 2.13. The molecule has 0 fully saturated rings. The molecule has 0 amide bonds. The van der Waals surface area contributed by atoms with Crippen LogP contribution < -0.4 is 5.32 Å². The summed E-state index contributed by atoms with van der Waals surface area (Å²) in [6, 6.07) is 11.5. The molecule has 106 valence electrons. The smallest absolute Gasteiger partial charge is 0.123 e. The Morgan fingerprint density at radius 1 is 1.00 bits per heavy atom. The first-order valence-electron chi connectivity index (χ1n) is 6.75. The number of hydrogen-bond acceptors (Lipinski definition) is 1. The van der Waals surface area contributed by atoms with Crippen molar-refractivity contribution >= 4 is 0 Å². The summed E-state index contributed by atoms with van der Waals surface area (Å²) >= 11 is 0. The van der Waals surface area contributed by atoms with Crippen molar-refractivity contribution in [2.45, 2.75) is 19.3 Å². The lowest BCUT2D eigenvalue weighted by Gasteiger charge is -2.18. The van der Waals surface area contributed by atoms with Crippen LogP contribution in [-0.4, -0.2) is 13.6 Å². The van der Waals surface area contributed by atoms with E-state index in [4.69, 9.17) is 0 Å². The molecule has 0 aromatic heterocycles. The first kappa shape index (κ1) is 14.7. The molecule has 0 radical (unpaired) electrons. The van der Waals surface area contributed by atoms with Crippen molar-refractivity contribution in [1.82, 2.24) is 5.32 Å². The number of rotatable bonds is 5. The molecule has 0 heterocycles. The molecule has 0 bridgehead atoms. The van der Waals surface area contributed by atoms with Gasteiger partial charge < -0.3 is 5.32 Å². The van der Waals surface area contributed by atoms with E-state index in [0.717, 1.165) is 29.7 Å². The van der Waals surface area contributed by atoms with Crippen molar-refractivity contribution in [3.63, 3.8) is 0 Å². The summed E-state index contributed by atoms with van der Waals surface area (Å²) in [4.78, 5) is 0. The number of nitrogens with one attached hydrogen (secondary N) is 1. The molecular formula is C17H19F2N. The van der Waals surface area contributed by atoms with Gasteiger partial charge in [-0.2, -0.15) is 0 Å². The standard InChI is InChI=1S/C17H19F2N/c1-12-9-17(19)8-5-14(12)10-15(11-20-2)13-3-6-16(18)7-4-13/h3-9,15,20H,10-11H2,1-2H3. The van der Waals surface area contributed by atoms with E-state index in [2.05, 4.69) is 5.32 Å². The van der Waals surface area contributed by atoms with Crippen molar-refractivity contribution in [2.75, 3.05) is 13.6 Å². The zero-order valence-corrected chi connectivity index (χ0v) is 11.8. The van der Waals surface area contributed by atoms with Gasteiger partial charge >= 0.3 is 0 Å². The lowest BCUT2D eigenvalue weighted by atomic mass is 9.90. The summed E-state index contributed by atoms with van der Waals surface area (Å²) in [5, 5.41) is 3.16. The first-order valence-corrected chi connectivity index (χ1v) is 6.75. The van der Waals surface area contributed by atoms with Gasteiger partial charge in [-0.3, -0.25) is 0 Å². The van der Waals surface area contributed by atoms with Crippen molar-refractivity contribution in [2.24, 2.45) is 0 Å². The van der Waals surface area contributed by atoms with E-state index in [9.17, 15) is 8.78 Å². The molecular weight excluding hydrogens is 256 g/mol. The Kier molecular flexibility index (Phi) is 4.85. The second-order valence-electron chi connectivity index (χ2n) is 5.08. The minimum Gasteiger partial charge on any atom is -0.319 e. The molecule has 0 spiro atoms. The molecule has 0 saturated carbocycles. The zero-order valence-electron chi connectivity index (χ0n) is 11.8. The molecule has 1 atom stereocenters. The van der Waals surface area contributed by atoms with Gasteiger partial charge in [-0.05, 0) is 61.3 Å². The maximum atomic E-state index is 13.1. The number of hydrogen-bond donors (Lipinski definition) is 1. The van der Waals surface area contributed by atoms with Crippen LogP contribution in [0, 0.1) is 18.6 Å². The van der Waals surface area contributed by atoms with Crippen LogP contribution in [0.15, 0.2) is 42.5 Å². The highest BCUT2D eigenvalue weighted by Crippen LogP contribution is 2.23. The fourth-order valence-electron chi connectivity index (χ4n) is 2.44. The summed E-state index contributed by atoms with van der Waals surface area (Å²) in [6.45, 7) is 2.71. The third kappa shape index (κ3) is 3.64. The molecule has 2 aromatic rings. The van der Waals surface area contributed by atoms with Gasteiger partial charge in [-0.25, -0.2) is 8.78 Å². The third-order valence-electron chi connectivity index (χ3n) is 3.56. The summed E-state index contributed by atoms with van der Waals surface area (Å²) < 4.78 is 26.2. The largest absolute Gasteiger partial charge is 0.319 e. The van der Waals surface area contributed by atoms with Gasteiger partial charge in [0, 0.05) is 12.5 Å². The second-order valence-corrected chi connectivity index (χ2v) is 5.08.